The lowest BCUT2D eigenvalue weighted by Crippen LogP contribution is -2.33. The molecule has 27 heavy (non-hydrogen) atoms. The summed E-state index contributed by atoms with van der Waals surface area (Å²) in [6.07, 6.45) is 11.8. The van der Waals surface area contributed by atoms with Gasteiger partial charge in [0, 0.05) is 36.0 Å². The number of rotatable bonds is 3. The molecule has 0 radical (unpaired) electrons. The van der Waals surface area contributed by atoms with Gasteiger partial charge in [-0.3, -0.25) is 4.90 Å². The number of thiophene rings is 1. The first-order valence-corrected chi connectivity index (χ1v) is 10.8. The van der Waals surface area contributed by atoms with Crippen LogP contribution < -0.4 is 5.73 Å². The predicted molar refractivity (Wildman–Crippen MR) is 116 cm³/mol. The molecule has 1 aromatic heterocycles. The number of fused-ring (bicyclic) bond motifs is 1. The second-order valence-corrected chi connectivity index (χ2v) is 9.12. The summed E-state index contributed by atoms with van der Waals surface area (Å²) in [4.78, 5) is 4.09. The first kappa shape index (κ1) is 17.0. The second kappa shape index (κ2) is 6.81. The van der Waals surface area contributed by atoms with E-state index in [1.165, 1.54) is 33.6 Å². The molecular weight excluding hydrogens is 348 g/mol. The summed E-state index contributed by atoms with van der Waals surface area (Å²) >= 11 is 1.81. The first-order chi connectivity index (χ1) is 13.2. The van der Waals surface area contributed by atoms with E-state index in [-0.39, 0.29) is 0 Å². The van der Waals surface area contributed by atoms with Crippen molar-refractivity contribution in [3.63, 3.8) is 0 Å². The molecule has 2 unspecified atom stereocenters. The molecule has 3 heteroatoms. The Morgan fingerprint density at radius 2 is 2.04 bits per heavy atom. The smallest absolute Gasteiger partial charge is 0.0936 e. The maximum absolute atomic E-state index is 6.49. The van der Waals surface area contributed by atoms with Crippen LogP contribution >= 0.6 is 11.3 Å². The summed E-state index contributed by atoms with van der Waals surface area (Å²) in [6, 6.07) is 10.8. The van der Waals surface area contributed by atoms with Gasteiger partial charge in [0.15, 0.2) is 0 Å². The molecule has 0 fully saturated rings. The molecule has 1 aliphatic heterocycles. The van der Waals surface area contributed by atoms with Gasteiger partial charge in [-0.1, -0.05) is 61.1 Å². The fraction of sp³-hybridized carbons (Fsp3) is 0.333. The molecule has 2 heterocycles. The molecule has 2 aliphatic carbocycles. The van der Waals surface area contributed by atoms with Crippen LogP contribution in [-0.4, -0.2) is 11.4 Å². The maximum Gasteiger partial charge on any atom is 0.0936 e. The highest BCUT2D eigenvalue weighted by Crippen LogP contribution is 2.48. The molecule has 2 N–H and O–H groups in total. The summed E-state index contributed by atoms with van der Waals surface area (Å²) in [5, 5.41) is 0.998. The third kappa shape index (κ3) is 3.09. The number of hydrogen-bond donors (Lipinski definition) is 1. The summed E-state index contributed by atoms with van der Waals surface area (Å²) in [5.41, 5.74) is 13.6. The normalized spacial score (nSPS) is 23.9. The molecule has 5 rings (SSSR count). The fourth-order valence-corrected chi connectivity index (χ4v) is 6.05. The van der Waals surface area contributed by atoms with Crippen molar-refractivity contribution < 1.29 is 0 Å². The Kier molecular flexibility index (Phi) is 4.30. The van der Waals surface area contributed by atoms with Gasteiger partial charge in [-0.05, 0) is 41.5 Å². The van der Waals surface area contributed by atoms with Gasteiger partial charge in [-0.2, -0.15) is 0 Å². The Hall–Kier alpha value is -2.10. The minimum absolute atomic E-state index is 0.524. The Labute approximate surface area is 165 Å². The number of nitrogens with two attached hydrogens (primary N) is 1. The molecule has 0 saturated carbocycles. The van der Waals surface area contributed by atoms with E-state index in [1.807, 2.05) is 0 Å². The zero-order valence-corrected chi connectivity index (χ0v) is 16.6. The molecule has 138 valence electrons. The number of anilines is 1. The number of allylic oxidation sites excluding steroid dienone is 5. The highest BCUT2D eigenvalue weighted by molar-refractivity contribution is 7.16. The summed E-state index contributed by atoms with van der Waals surface area (Å²) in [7, 11) is 0. The SMILES string of the molecule is CCC1=CC2CC3CN(Cc4ccccc4)Cc4sc(N)c(c43)C=C2C=C1. The van der Waals surface area contributed by atoms with Crippen LogP contribution in [-0.2, 0) is 13.1 Å². The topological polar surface area (TPSA) is 29.3 Å². The Morgan fingerprint density at radius 1 is 1.19 bits per heavy atom. The number of nitrogens with zero attached hydrogens (tertiary/aromatic N) is 1. The van der Waals surface area contributed by atoms with Gasteiger partial charge >= 0.3 is 0 Å². The quantitative estimate of drug-likeness (QED) is 0.742. The van der Waals surface area contributed by atoms with Crippen LogP contribution in [0.1, 0.15) is 47.3 Å². The van der Waals surface area contributed by atoms with Crippen molar-refractivity contribution in [2.45, 2.75) is 38.8 Å². The number of nitrogen functional groups attached to an aromatic ring is 1. The molecule has 2 nitrogen and oxygen atoms in total. The Bertz CT molecular complexity index is 948. The van der Waals surface area contributed by atoms with Crippen LogP contribution in [0.5, 0.6) is 0 Å². The predicted octanol–water partition coefficient (Wildman–Crippen LogP) is 5.74. The van der Waals surface area contributed by atoms with Gasteiger partial charge in [0.05, 0.1) is 5.00 Å². The lowest BCUT2D eigenvalue weighted by molar-refractivity contribution is 0.217. The molecule has 2 aromatic rings. The van der Waals surface area contributed by atoms with Gasteiger partial charge < -0.3 is 5.73 Å². The van der Waals surface area contributed by atoms with Crippen molar-refractivity contribution in [1.82, 2.24) is 4.90 Å². The molecule has 0 bridgehead atoms. The monoisotopic (exact) mass is 374 g/mol. The van der Waals surface area contributed by atoms with Crippen LogP contribution in [0, 0.1) is 5.92 Å². The lowest BCUT2D eigenvalue weighted by Gasteiger charge is -2.34. The van der Waals surface area contributed by atoms with Crippen molar-refractivity contribution in [2.24, 2.45) is 5.92 Å². The second-order valence-electron chi connectivity index (χ2n) is 7.98. The minimum atomic E-state index is 0.524. The Morgan fingerprint density at radius 3 is 2.85 bits per heavy atom. The van der Waals surface area contributed by atoms with Crippen LogP contribution in [0.25, 0.3) is 6.08 Å². The minimum Gasteiger partial charge on any atom is -0.390 e. The van der Waals surface area contributed by atoms with Crippen molar-refractivity contribution in [3.05, 3.63) is 81.3 Å². The summed E-state index contributed by atoms with van der Waals surface area (Å²) in [5.74, 6) is 1.09. The van der Waals surface area contributed by atoms with Crippen LogP contribution in [0.2, 0.25) is 0 Å². The highest BCUT2D eigenvalue weighted by Gasteiger charge is 2.35. The van der Waals surface area contributed by atoms with Gasteiger partial charge in [0.25, 0.3) is 0 Å². The van der Waals surface area contributed by atoms with E-state index in [9.17, 15) is 0 Å². The average molecular weight is 375 g/mol. The fourth-order valence-electron chi connectivity index (χ4n) is 4.87. The van der Waals surface area contributed by atoms with Gasteiger partial charge in [0.1, 0.15) is 0 Å². The average Bonchev–Trinajstić information content (AvgIpc) is 2.89. The maximum atomic E-state index is 6.49. The molecule has 2 atom stereocenters. The largest absolute Gasteiger partial charge is 0.390 e. The van der Waals surface area contributed by atoms with E-state index in [0.717, 1.165) is 31.1 Å². The van der Waals surface area contributed by atoms with E-state index >= 15 is 0 Å². The summed E-state index contributed by atoms with van der Waals surface area (Å²) in [6.45, 7) is 5.41. The molecule has 0 spiro atoms. The van der Waals surface area contributed by atoms with Crippen LogP contribution in [0.15, 0.2) is 59.7 Å². The van der Waals surface area contributed by atoms with E-state index in [4.69, 9.17) is 5.73 Å². The third-order valence-corrected chi connectivity index (χ3v) is 7.22. The third-order valence-electron chi connectivity index (χ3n) is 6.18. The van der Waals surface area contributed by atoms with E-state index in [2.05, 4.69) is 66.5 Å². The van der Waals surface area contributed by atoms with Crippen LogP contribution in [0.4, 0.5) is 5.00 Å². The van der Waals surface area contributed by atoms with Crippen LogP contribution in [0.3, 0.4) is 0 Å². The summed E-state index contributed by atoms with van der Waals surface area (Å²) < 4.78 is 0. The molecule has 1 aromatic carbocycles. The van der Waals surface area contributed by atoms with Gasteiger partial charge in [-0.15, -0.1) is 11.3 Å². The zero-order chi connectivity index (χ0) is 18.4. The highest BCUT2D eigenvalue weighted by atomic mass is 32.1. The molecule has 0 amide bonds. The Balaban J connectivity index is 1.49. The van der Waals surface area contributed by atoms with Crippen molar-refractivity contribution in [2.75, 3.05) is 12.3 Å². The van der Waals surface area contributed by atoms with Gasteiger partial charge in [-0.25, -0.2) is 0 Å². The number of hydrogen-bond acceptors (Lipinski definition) is 3. The van der Waals surface area contributed by atoms with Crippen molar-refractivity contribution in [3.8, 4) is 0 Å². The lowest BCUT2D eigenvalue weighted by atomic mass is 9.82. The number of benzene rings is 1. The van der Waals surface area contributed by atoms with Gasteiger partial charge in [0.2, 0.25) is 0 Å². The molecule has 0 saturated heterocycles. The molecule has 3 aliphatic rings. The van der Waals surface area contributed by atoms with E-state index in [1.54, 1.807) is 16.9 Å². The van der Waals surface area contributed by atoms with Crippen molar-refractivity contribution in [1.29, 1.82) is 0 Å². The first-order valence-electron chi connectivity index (χ1n) is 9.99. The molecular formula is C24H26N2S. The van der Waals surface area contributed by atoms with E-state index in [0.29, 0.717) is 11.8 Å². The van der Waals surface area contributed by atoms with E-state index < -0.39 is 0 Å². The van der Waals surface area contributed by atoms with Crippen molar-refractivity contribution >= 4 is 22.4 Å². The standard InChI is InChI=1S/C24H26N2S/c1-2-16-8-9-18-12-21-23-20(11-19(18)10-16)14-26(15-22(23)27-24(21)25)13-17-6-4-3-5-7-17/h3-10,12,19-20H,2,11,13-15,25H2,1H3. The zero-order valence-electron chi connectivity index (χ0n) is 15.8.